The summed E-state index contributed by atoms with van der Waals surface area (Å²) < 4.78 is 121. The van der Waals surface area contributed by atoms with Gasteiger partial charge in [-0.05, 0) is 25.0 Å². The smallest absolute Gasteiger partial charge is 0.434 e. The molecule has 0 unspecified atom stereocenters. The predicted octanol–water partition coefficient (Wildman–Crippen LogP) is 3.21. The van der Waals surface area contributed by atoms with E-state index in [9.17, 15) is 44.3 Å². The molecule has 0 atom stereocenters. The zero-order chi connectivity index (χ0) is 25.9. The summed E-state index contributed by atoms with van der Waals surface area (Å²) in [6.07, 6.45) is -9.37. The highest BCUT2D eigenvalue weighted by Gasteiger charge is 2.76. The van der Waals surface area contributed by atoms with Crippen LogP contribution in [0.1, 0.15) is 48.0 Å². The van der Waals surface area contributed by atoms with Gasteiger partial charge in [0.15, 0.2) is 0 Å². The number of esters is 2. The van der Waals surface area contributed by atoms with Crippen molar-refractivity contribution in [2.45, 2.75) is 56.4 Å². The van der Waals surface area contributed by atoms with Gasteiger partial charge in [0.25, 0.3) is 10.1 Å². The number of carbonyl (C=O) groups is 2. The first-order valence-electron chi connectivity index (χ1n) is 10.2. The van der Waals surface area contributed by atoms with Crippen molar-refractivity contribution in [3.63, 3.8) is 0 Å². The molecule has 190 valence electrons. The third-order valence-electron chi connectivity index (χ3n) is 5.39. The van der Waals surface area contributed by atoms with Crippen LogP contribution in [0.15, 0.2) is 18.2 Å². The normalized spacial score (nSPS) is 16.2. The minimum absolute atomic E-state index is 0.321. The molecule has 0 spiro atoms. The van der Waals surface area contributed by atoms with Crippen molar-refractivity contribution in [1.82, 2.24) is 0 Å². The van der Waals surface area contributed by atoms with Gasteiger partial charge >= 0.3 is 29.9 Å². The first kappa shape index (κ1) is 28.0. The van der Waals surface area contributed by atoms with Gasteiger partial charge in [0.1, 0.15) is 24.9 Å². The fourth-order valence-electron chi connectivity index (χ4n) is 3.51. The summed E-state index contributed by atoms with van der Waals surface area (Å²) in [5, 5.41) is 0. The van der Waals surface area contributed by atoms with Crippen LogP contribution in [-0.4, -0.2) is 56.5 Å². The number of carbonyl (C=O) groups excluding carboxylic acids is 2. The molecule has 7 nitrogen and oxygen atoms in total. The molecule has 15 heteroatoms. The number of halogens is 6. The Morgan fingerprint density at radius 2 is 1.59 bits per heavy atom. The van der Waals surface area contributed by atoms with Crippen LogP contribution in [0, 0.1) is 5.92 Å². The van der Waals surface area contributed by atoms with Crippen LogP contribution in [0.2, 0.25) is 0 Å². The van der Waals surface area contributed by atoms with Gasteiger partial charge in [-0.15, -0.1) is 0 Å². The number of hydrogen-bond acceptors (Lipinski definition) is 6. The lowest BCUT2D eigenvalue weighted by Crippen LogP contribution is -2.63. The van der Waals surface area contributed by atoms with Crippen molar-refractivity contribution in [3.8, 4) is 5.75 Å². The van der Waals surface area contributed by atoms with Crippen LogP contribution in [0.4, 0.5) is 26.3 Å². The summed E-state index contributed by atoms with van der Waals surface area (Å²) in [6.45, 7) is 0. The van der Waals surface area contributed by atoms with Crippen molar-refractivity contribution in [2.75, 3.05) is 5.75 Å². The Balaban J connectivity index is 2.50. The number of hydrogen-bond donors (Lipinski definition) is 1. The Labute approximate surface area is 191 Å². The number of rotatable bonds is 7. The van der Waals surface area contributed by atoms with Crippen LogP contribution in [-0.2, 0) is 26.0 Å². The van der Waals surface area contributed by atoms with Gasteiger partial charge < -0.3 is 9.47 Å². The van der Waals surface area contributed by atoms with Crippen molar-refractivity contribution in [2.24, 2.45) is 5.92 Å². The molecule has 0 radical (unpaired) electrons. The topological polar surface area (TPSA) is 107 Å². The summed E-state index contributed by atoms with van der Waals surface area (Å²) in [7, 11) is -4.28. The van der Waals surface area contributed by atoms with E-state index >= 15 is 0 Å². The quantitative estimate of drug-likeness (QED) is 0.194. The Morgan fingerprint density at radius 3 is 2.06 bits per heavy atom. The number of ether oxygens (including phenoxy) is 2. The van der Waals surface area contributed by atoms with Crippen LogP contribution in [0.3, 0.4) is 0 Å². The van der Waals surface area contributed by atoms with Crippen LogP contribution >= 0.6 is 0 Å². The monoisotopic (exact) mass is 518 g/mol. The highest BCUT2D eigenvalue weighted by molar-refractivity contribution is 7.85. The molecule has 1 fully saturated rings. The first-order chi connectivity index (χ1) is 15.5. The largest absolute Gasteiger partial charge is 0.438 e. The molecule has 1 aromatic carbocycles. The Bertz CT molecular complexity index is 1000. The third-order valence-corrected chi connectivity index (χ3v) is 6.16. The maximum atomic E-state index is 13.5. The van der Waals surface area contributed by atoms with E-state index in [0.717, 1.165) is 31.4 Å². The molecule has 0 aromatic heterocycles. The van der Waals surface area contributed by atoms with Gasteiger partial charge in [-0.25, -0.2) is 4.79 Å². The maximum absolute atomic E-state index is 13.5. The van der Waals surface area contributed by atoms with E-state index < -0.39 is 63.0 Å². The van der Waals surface area contributed by atoms with Crippen LogP contribution in [0.25, 0.3) is 0 Å². The highest BCUT2D eigenvalue weighted by atomic mass is 32.2. The minimum Gasteiger partial charge on any atom is -0.434 e. The molecule has 1 aliphatic rings. The molecule has 1 aromatic rings. The van der Waals surface area contributed by atoms with E-state index in [-0.39, 0.29) is 0 Å². The lowest BCUT2D eigenvalue weighted by Gasteiger charge is -2.35. The van der Waals surface area contributed by atoms with Crippen molar-refractivity contribution in [3.05, 3.63) is 29.3 Å². The van der Waals surface area contributed by atoms with Gasteiger partial charge in [-0.3, -0.25) is 9.35 Å². The maximum Gasteiger partial charge on any atom is 0.438 e. The SMILES string of the molecule is BCc1ccc(C(=O)OC(CS(=O)(=O)O)(C(F)(F)F)C(F)(F)F)c(OC(=O)C2CCCCC2)c1. The molecule has 1 saturated carbocycles. The lowest BCUT2D eigenvalue weighted by atomic mass is 9.89. The Morgan fingerprint density at radius 1 is 1.03 bits per heavy atom. The van der Waals surface area contributed by atoms with Gasteiger partial charge in [0.2, 0.25) is 0 Å². The fraction of sp³-hybridized carbons (Fsp3) is 0.579. The van der Waals surface area contributed by atoms with Crippen molar-refractivity contribution in [1.29, 1.82) is 0 Å². The summed E-state index contributed by atoms with van der Waals surface area (Å²) in [5.74, 6) is -7.25. The van der Waals surface area contributed by atoms with Crippen LogP contribution in [0.5, 0.6) is 5.75 Å². The van der Waals surface area contributed by atoms with E-state index in [1.165, 1.54) is 6.07 Å². The lowest BCUT2D eigenvalue weighted by molar-refractivity contribution is -0.356. The predicted molar refractivity (Wildman–Crippen MR) is 108 cm³/mol. The van der Waals surface area contributed by atoms with E-state index in [4.69, 9.17) is 9.29 Å². The summed E-state index contributed by atoms with van der Waals surface area (Å²) in [4.78, 5) is 25.0. The molecule has 0 aliphatic heterocycles. The van der Waals surface area contributed by atoms with Crippen molar-refractivity contribution < 1.29 is 58.4 Å². The average molecular weight is 518 g/mol. The van der Waals surface area contributed by atoms with E-state index in [1.807, 2.05) is 0 Å². The Hall–Kier alpha value is -2.29. The second-order valence-corrected chi connectivity index (χ2v) is 9.33. The van der Waals surface area contributed by atoms with Gasteiger partial charge in [0, 0.05) is 0 Å². The molecule has 2 rings (SSSR count). The number of benzene rings is 1. The van der Waals surface area contributed by atoms with E-state index in [1.54, 1.807) is 7.85 Å². The van der Waals surface area contributed by atoms with E-state index in [0.29, 0.717) is 24.7 Å². The highest BCUT2D eigenvalue weighted by Crippen LogP contribution is 2.47. The van der Waals surface area contributed by atoms with E-state index in [2.05, 4.69) is 4.74 Å². The Kier molecular flexibility index (Phi) is 8.34. The molecule has 0 heterocycles. The molecule has 1 N–H and O–H groups in total. The first-order valence-corrected chi connectivity index (χ1v) is 11.8. The molecular weight excluding hydrogens is 497 g/mol. The second kappa shape index (κ2) is 10.1. The van der Waals surface area contributed by atoms with Gasteiger partial charge in [-0.1, -0.05) is 37.2 Å². The molecule has 0 amide bonds. The molecule has 1 aliphatic carbocycles. The van der Waals surface area contributed by atoms with Gasteiger partial charge in [0.05, 0.1) is 5.92 Å². The fourth-order valence-corrected chi connectivity index (χ4v) is 4.41. The van der Waals surface area contributed by atoms with Crippen molar-refractivity contribution >= 4 is 29.9 Å². The second-order valence-electron chi connectivity index (χ2n) is 7.88. The summed E-state index contributed by atoms with van der Waals surface area (Å²) in [5.41, 5.74) is -6.08. The average Bonchev–Trinajstić information content (AvgIpc) is 2.71. The summed E-state index contributed by atoms with van der Waals surface area (Å²) >= 11 is 0. The molecule has 34 heavy (non-hydrogen) atoms. The molecule has 0 saturated heterocycles. The van der Waals surface area contributed by atoms with Crippen LogP contribution < -0.4 is 4.74 Å². The van der Waals surface area contributed by atoms with Gasteiger partial charge in [-0.2, -0.15) is 34.8 Å². The standard InChI is InChI=1S/C19H21BF6O7S/c20-9-11-6-7-13(14(8-11)32-15(27)12-4-2-1-3-5-12)16(28)33-17(18(21,22)23,19(24,25)26)10-34(29,30)31/h6-8,12H,1-5,9-10,20H2,(H,29,30,31). The zero-order valence-electron chi connectivity index (χ0n) is 17.8. The zero-order valence-corrected chi connectivity index (χ0v) is 18.6. The third kappa shape index (κ3) is 6.43. The number of alkyl halides is 6. The molecular formula is C19H21BF6O7S. The summed E-state index contributed by atoms with van der Waals surface area (Å²) in [6, 6.07) is 3.11. The minimum atomic E-state index is -6.47. The molecule has 0 bridgehead atoms.